The van der Waals surface area contributed by atoms with E-state index in [4.69, 9.17) is 4.74 Å². The number of hydrogen-bond donors (Lipinski definition) is 1. The van der Waals surface area contributed by atoms with Gasteiger partial charge in [0.15, 0.2) is 5.75 Å². The molecule has 5 nitrogen and oxygen atoms in total. The molecule has 0 bridgehead atoms. The largest absolute Gasteiger partial charge is 0.437 e. The van der Waals surface area contributed by atoms with Gasteiger partial charge in [-0.05, 0) is 26.0 Å². The second-order valence-corrected chi connectivity index (χ2v) is 5.88. The molecule has 112 valence electrons. The molecule has 0 amide bonds. The number of nitrogens with one attached hydrogen (secondary N) is 1. The van der Waals surface area contributed by atoms with Crippen molar-refractivity contribution in [3.05, 3.63) is 35.9 Å². The van der Waals surface area contributed by atoms with Gasteiger partial charge in [0, 0.05) is 24.2 Å². The van der Waals surface area contributed by atoms with E-state index >= 15 is 0 Å². The first-order chi connectivity index (χ1) is 9.90. The average Bonchev–Trinajstić information content (AvgIpc) is 2.41. The summed E-state index contributed by atoms with van der Waals surface area (Å²) in [5.41, 5.74) is 0.687. The highest BCUT2D eigenvalue weighted by Gasteiger charge is 2.20. The molecule has 0 aromatic carbocycles. The first-order valence-corrected chi connectivity index (χ1v) is 7.13. The zero-order chi connectivity index (χ0) is 15.5. The minimum absolute atomic E-state index is 0.145. The minimum Gasteiger partial charge on any atom is -0.437 e. The lowest BCUT2D eigenvalue weighted by atomic mass is 9.96. The van der Waals surface area contributed by atoms with Gasteiger partial charge in [0.05, 0.1) is 5.69 Å². The van der Waals surface area contributed by atoms with E-state index in [2.05, 4.69) is 41.0 Å². The van der Waals surface area contributed by atoms with Crippen molar-refractivity contribution in [3.63, 3.8) is 0 Å². The third-order valence-corrected chi connectivity index (χ3v) is 2.90. The van der Waals surface area contributed by atoms with E-state index in [0.29, 0.717) is 11.6 Å². The number of anilines is 1. The summed E-state index contributed by atoms with van der Waals surface area (Å²) in [6.07, 6.45) is 1.74. The fraction of sp³-hybridized carbons (Fsp3) is 0.438. The Balaban J connectivity index is 2.38. The first-order valence-electron chi connectivity index (χ1n) is 7.13. The van der Waals surface area contributed by atoms with Crippen molar-refractivity contribution in [1.82, 2.24) is 15.0 Å². The summed E-state index contributed by atoms with van der Waals surface area (Å²) >= 11 is 0. The standard InChI is InChI=1S/C16H22N4O/c1-6-17-13-10-14(20-15(19-13)16(3,4)5)21-12-8-7-9-18-11(12)2/h7-10H,6H2,1-5H3,(H,17,19,20). The number of nitrogens with zero attached hydrogens (tertiary/aromatic N) is 3. The fourth-order valence-corrected chi connectivity index (χ4v) is 1.77. The van der Waals surface area contributed by atoms with Crippen molar-refractivity contribution < 1.29 is 4.74 Å². The van der Waals surface area contributed by atoms with Crippen molar-refractivity contribution in [2.75, 3.05) is 11.9 Å². The van der Waals surface area contributed by atoms with Crippen LogP contribution >= 0.6 is 0 Å². The molecule has 21 heavy (non-hydrogen) atoms. The van der Waals surface area contributed by atoms with Crippen LogP contribution in [0.5, 0.6) is 11.6 Å². The normalized spacial score (nSPS) is 11.3. The molecule has 2 heterocycles. The third-order valence-electron chi connectivity index (χ3n) is 2.90. The molecule has 0 atom stereocenters. The number of pyridine rings is 1. The van der Waals surface area contributed by atoms with E-state index in [9.17, 15) is 0 Å². The van der Waals surface area contributed by atoms with Crippen LogP contribution in [-0.4, -0.2) is 21.5 Å². The Morgan fingerprint density at radius 1 is 1.24 bits per heavy atom. The van der Waals surface area contributed by atoms with Gasteiger partial charge in [-0.2, -0.15) is 4.98 Å². The quantitative estimate of drug-likeness (QED) is 0.928. The Morgan fingerprint density at radius 3 is 2.62 bits per heavy atom. The van der Waals surface area contributed by atoms with Crippen LogP contribution in [0.3, 0.4) is 0 Å². The number of rotatable bonds is 4. The Morgan fingerprint density at radius 2 is 2.00 bits per heavy atom. The van der Waals surface area contributed by atoms with Gasteiger partial charge >= 0.3 is 0 Å². The molecule has 0 aliphatic heterocycles. The maximum absolute atomic E-state index is 5.88. The monoisotopic (exact) mass is 286 g/mol. The van der Waals surface area contributed by atoms with Crippen LogP contribution in [0.4, 0.5) is 5.82 Å². The van der Waals surface area contributed by atoms with Crippen LogP contribution in [0, 0.1) is 6.92 Å². The predicted octanol–water partition coefficient (Wildman–Crippen LogP) is 3.70. The van der Waals surface area contributed by atoms with Gasteiger partial charge < -0.3 is 10.1 Å². The molecule has 0 saturated carbocycles. The van der Waals surface area contributed by atoms with E-state index in [1.807, 2.05) is 32.0 Å². The van der Waals surface area contributed by atoms with E-state index < -0.39 is 0 Å². The Hall–Kier alpha value is -2.17. The minimum atomic E-state index is -0.145. The SMILES string of the molecule is CCNc1cc(Oc2cccnc2C)nc(C(C)(C)C)n1. The van der Waals surface area contributed by atoms with E-state index in [1.165, 1.54) is 0 Å². The lowest BCUT2D eigenvalue weighted by Gasteiger charge is -2.19. The molecule has 2 aromatic heterocycles. The van der Waals surface area contributed by atoms with Crippen LogP contribution in [-0.2, 0) is 5.41 Å². The molecule has 1 N–H and O–H groups in total. The highest BCUT2D eigenvalue weighted by atomic mass is 16.5. The zero-order valence-corrected chi connectivity index (χ0v) is 13.3. The van der Waals surface area contributed by atoms with Crippen molar-refractivity contribution >= 4 is 5.82 Å². The van der Waals surface area contributed by atoms with Gasteiger partial charge in [0.2, 0.25) is 5.88 Å². The van der Waals surface area contributed by atoms with Crippen LogP contribution in [0.1, 0.15) is 39.2 Å². The molecule has 0 aliphatic carbocycles. The zero-order valence-electron chi connectivity index (χ0n) is 13.3. The van der Waals surface area contributed by atoms with Crippen LogP contribution < -0.4 is 10.1 Å². The number of hydrogen-bond acceptors (Lipinski definition) is 5. The topological polar surface area (TPSA) is 59.9 Å². The van der Waals surface area contributed by atoms with Crippen molar-refractivity contribution in [2.45, 2.75) is 40.0 Å². The molecule has 0 aliphatic rings. The van der Waals surface area contributed by atoms with Gasteiger partial charge in [-0.1, -0.05) is 20.8 Å². The molecule has 0 fully saturated rings. The molecule has 0 saturated heterocycles. The summed E-state index contributed by atoms with van der Waals surface area (Å²) in [5.74, 6) is 2.76. The lowest BCUT2D eigenvalue weighted by Crippen LogP contribution is -2.17. The van der Waals surface area contributed by atoms with Gasteiger partial charge in [0.1, 0.15) is 11.6 Å². The summed E-state index contributed by atoms with van der Waals surface area (Å²) in [5, 5.41) is 3.21. The molecule has 0 unspecified atom stereocenters. The second kappa shape index (κ2) is 6.08. The summed E-state index contributed by atoms with van der Waals surface area (Å²) in [6, 6.07) is 5.54. The number of ether oxygens (including phenoxy) is 1. The number of aromatic nitrogens is 3. The molecule has 2 aromatic rings. The molecular weight excluding hydrogens is 264 g/mol. The van der Waals surface area contributed by atoms with Gasteiger partial charge in [-0.3, -0.25) is 4.98 Å². The van der Waals surface area contributed by atoms with E-state index in [-0.39, 0.29) is 5.41 Å². The van der Waals surface area contributed by atoms with Gasteiger partial charge in [0.25, 0.3) is 0 Å². The first kappa shape index (κ1) is 15.2. The average molecular weight is 286 g/mol. The molecule has 0 spiro atoms. The van der Waals surface area contributed by atoms with Gasteiger partial charge in [-0.15, -0.1) is 0 Å². The Labute approximate surface area is 125 Å². The van der Waals surface area contributed by atoms with Crippen LogP contribution in [0.15, 0.2) is 24.4 Å². The lowest BCUT2D eigenvalue weighted by molar-refractivity contribution is 0.441. The summed E-state index contributed by atoms with van der Waals surface area (Å²) in [7, 11) is 0. The molecule has 0 radical (unpaired) electrons. The Bertz CT molecular complexity index is 620. The Kier molecular flexibility index (Phi) is 4.40. The third kappa shape index (κ3) is 3.90. The summed E-state index contributed by atoms with van der Waals surface area (Å²) in [6.45, 7) is 11.0. The number of aryl methyl sites for hydroxylation is 1. The summed E-state index contributed by atoms with van der Waals surface area (Å²) in [4.78, 5) is 13.3. The van der Waals surface area contributed by atoms with Crippen molar-refractivity contribution in [1.29, 1.82) is 0 Å². The van der Waals surface area contributed by atoms with Gasteiger partial charge in [-0.25, -0.2) is 4.98 Å². The highest BCUT2D eigenvalue weighted by Crippen LogP contribution is 2.27. The molecule has 5 heteroatoms. The van der Waals surface area contributed by atoms with E-state index in [0.717, 1.165) is 23.9 Å². The highest BCUT2D eigenvalue weighted by molar-refractivity contribution is 5.41. The molecular formula is C16H22N4O. The predicted molar refractivity (Wildman–Crippen MR) is 83.9 cm³/mol. The molecule has 2 rings (SSSR count). The second-order valence-electron chi connectivity index (χ2n) is 5.88. The fourth-order valence-electron chi connectivity index (χ4n) is 1.77. The maximum atomic E-state index is 5.88. The van der Waals surface area contributed by atoms with E-state index in [1.54, 1.807) is 6.20 Å². The van der Waals surface area contributed by atoms with Crippen LogP contribution in [0.25, 0.3) is 0 Å². The van der Waals surface area contributed by atoms with Crippen molar-refractivity contribution in [2.24, 2.45) is 0 Å². The summed E-state index contributed by atoms with van der Waals surface area (Å²) < 4.78 is 5.88. The van der Waals surface area contributed by atoms with Crippen molar-refractivity contribution in [3.8, 4) is 11.6 Å². The smallest absolute Gasteiger partial charge is 0.224 e. The van der Waals surface area contributed by atoms with Crippen LogP contribution in [0.2, 0.25) is 0 Å². The maximum Gasteiger partial charge on any atom is 0.224 e.